The number of unbranched alkanes of at least 4 members (excludes halogenated alkanes) is 32. The minimum Gasteiger partial charge on any atom is -0.310 e. The summed E-state index contributed by atoms with van der Waals surface area (Å²) >= 11 is 7.50. The van der Waals surface area contributed by atoms with Crippen LogP contribution in [0.5, 0.6) is 0 Å². The number of carbonyl (C=O) groups excluding carboxylic acids is 2. The third-order valence-corrected chi connectivity index (χ3v) is 22.4. The van der Waals surface area contributed by atoms with Crippen molar-refractivity contribution < 1.29 is 9.59 Å². The van der Waals surface area contributed by atoms with Gasteiger partial charge in [0.15, 0.2) is 0 Å². The lowest BCUT2D eigenvalue weighted by molar-refractivity contribution is -0.125. The molecule has 438 valence electrons. The Hall–Kier alpha value is -2.00. The molecule has 3 atom stereocenters. The van der Waals surface area contributed by atoms with Crippen LogP contribution in [0.1, 0.15) is 302 Å². The van der Waals surface area contributed by atoms with Gasteiger partial charge in [-0.1, -0.05) is 277 Å². The van der Waals surface area contributed by atoms with E-state index in [1.165, 1.54) is 264 Å². The molecular weight excluding hydrogens is 1030 g/mol. The molecule has 6 heterocycles. The Morgan fingerprint density at radius 1 is 0.462 bits per heavy atom. The van der Waals surface area contributed by atoms with Crippen LogP contribution >= 0.6 is 46.2 Å². The van der Waals surface area contributed by atoms with Crippen molar-refractivity contribution in [3.05, 3.63) is 73.3 Å². The lowest BCUT2D eigenvalue weighted by Gasteiger charge is -2.31. The standard InChI is InChI=1S/C70H112N2O2S4/c1-5-9-13-17-21-25-27-31-35-39-45-57(43-37-33-29-23-19-15-11-7-3)55-71-67(63-51-49-61(77-63)59-47-41-53-75-59)65-66(69(71)73)68(64-52-50-62(78-64)60-48-42-54-76-60)72(70(65)74)56-58(44-38-34-30-24-20-16-12-8-4)46-40-36-32-28-26-22-18-14-10-6-2/h41,47-51,53,57-58,64H,5-40,42-46,52,54-56H2,1-4H3. The van der Waals surface area contributed by atoms with Crippen molar-refractivity contribution in [2.24, 2.45) is 11.8 Å². The first-order chi connectivity index (χ1) is 38.5. The number of hydrogen-bond donors (Lipinski definition) is 0. The van der Waals surface area contributed by atoms with Gasteiger partial charge >= 0.3 is 0 Å². The lowest BCUT2D eigenvalue weighted by atomic mass is 9.93. The van der Waals surface area contributed by atoms with Gasteiger partial charge in [0.05, 0.1) is 27.0 Å². The van der Waals surface area contributed by atoms with E-state index in [-0.39, 0.29) is 17.1 Å². The van der Waals surface area contributed by atoms with Crippen LogP contribution in [-0.4, -0.2) is 45.7 Å². The zero-order valence-corrected chi connectivity index (χ0v) is 53.7. The molecule has 2 aromatic rings. The van der Waals surface area contributed by atoms with Crippen molar-refractivity contribution in [1.82, 2.24) is 9.80 Å². The number of rotatable bonds is 48. The normalized spacial score (nSPS) is 17.4. The van der Waals surface area contributed by atoms with Crippen molar-refractivity contribution in [3.63, 3.8) is 0 Å². The Kier molecular flexibility index (Phi) is 33.0. The van der Waals surface area contributed by atoms with E-state index >= 15 is 9.59 Å². The van der Waals surface area contributed by atoms with E-state index in [4.69, 9.17) is 0 Å². The van der Waals surface area contributed by atoms with Crippen molar-refractivity contribution in [2.75, 3.05) is 18.8 Å². The second-order valence-electron chi connectivity index (χ2n) is 24.3. The summed E-state index contributed by atoms with van der Waals surface area (Å²) in [6, 6.07) is 8.87. The molecule has 0 saturated carbocycles. The first-order valence-corrected chi connectivity index (χ1v) is 37.0. The van der Waals surface area contributed by atoms with Gasteiger partial charge < -0.3 is 9.80 Å². The van der Waals surface area contributed by atoms with Gasteiger partial charge in [-0.25, -0.2) is 0 Å². The van der Waals surface area contributed by atoms with Crippen LogP contribution in [-0.2, 0) is 9.59 Å². The first kappa shape index (κ1) is 65.2. The summed E-state index contributed by atoms with van der Waals surface area (Å²) in [6.45, 7) is 10.7. The van der Waals surface area contributed by atoms with E-state index in [9.17, 15) is 0 Å². The fourth-order valence-corrected chi connectivity index (χ4v) is 17.3. The zero-order chi connectivity index (χ0) is 54.8. The number of hydrogen-bond acceptors (Lipinski definition) is 6. The topological polar surface area (TPSA) is 40.6 Å². The van der Waals surface area contributed by atoms with Gasteiger partial charge in [0.25, 0.3) is 11.8 Å². The molecule has 4 aliphatic rings. The van der Waals surface area contributed by atoms with Crippen LogP contribution in [0.4, 0.5) is 0 Å². The smallest absolute Gasteiger partial charge is 0.261 e. The van der Waals surface area contributed by atoms with Crippen LogP contribution in [0.15, 0.2) is 68.5 Å². The molecule has 0 aromatic carbocycles. The number of nitrogens with zero attached hydrogens (tertiary/aromatic N) is 2. The summed E-state index contributed by atoms with van der Waals surface area (Å²) in [4.78, 5) is 42.7. The second-order valence-corrected chi connectivity index (χ2v) is 28.7. The van der Waals surface area contributed by atoms with E-state index < -0.39 is 0 Å². The summed E-state index contributed by atoms with van der Waals surface area (Å²) in [6.07, 6.45) is 59.5. The lowest BCUT2D eigenvalue weighted by Crippen LogP contribution is -2.37. The van der Waals surface area contributed by atoms with Crippen LogP contribution in [0.2, 0.25) is 0 Å². The molecule has 0 fully saturated rings. The minimum absolute atomic E-state index is 0.0644. The Balaban J connectivity index is 1.27. The molecular formula is C70H112N2O2S4. The molecule has 4 nitrogen and oxygen atoms in total. The number of fused-ring (bicyclic) bond motifs is 1. The molecule has 0 radical (unpaired) electrons. The van der Waals surface area contributed by atoms with Crippen LogP contribution < -0.4 is 0 Å². The van der Waals surface area contributed by atoms with Gasteiger partial charge in [-0.2, -0.15) is 0 Å². The minimum atomic E-state index is 0.0644. The fraction of sp³-hybridized carbons (Fsp3) is 0.743. The van der Waals surface area contributed by atoms with E-state index in [0.29, 0.717) is 18.4 Å². The van der Waals surface area contributed by atoms with Gasteiger partial charge in [-0.15, -0.1) is 46.2 Å². The molecule has 8 heteroatoms. The zero-order valence-electron chi connectivity index (χ0n) is 50.4. The highest BCUT2D eigenvalue weighted by atomic mass is 32.2. The Morgan fingerprint density at radius 2 is 0.885 bits per heavy atom. The molecule has 0 saturated heterocycles. The maximum atomic E-state index is 16.0. The molecule has 6 rings (SSSR count). The largest absolute Gasteiger partial charge is 0.310 e. The van der Waals surface area contributed by atoms with Gasteiger partial charge in [0, 0.05) is 44.1 Å². The van der Waals surface area contributed by atoms with E-state index in [0.717, 1.165) is 65.4 Å². The molecule has 2 amide bonds. The van der Waals surface area contributed by atoms with Gasteiger partial charge in [-0.3, -0.25) is 9.59 Å². The van der Waals surface area contributed by atoms with Crippen molar-refractivity contribution in [1.29, 1.82) is 0 Å². The molecule has 0 N–H and O–H groups in total. The summed E-state index contributed by atoms with van der Waals surface area (Å²) in [5.41, 5.74) is 3.47. The fourth-order valence-electron chi connectivity index (χ4n) is 12.9. The molecule has 0 aliphatic carbocycles. The molecule has 0 spiro atoms. The Labute approximate surface area is 496 Å². The number of thiophene rings is 2. The Morgan fingerprint density at radius 3 is 1.31 bits per heavy atom. The van der Waals surface area contributed by atoms with E-state index in [1.807, 2.05) is 23.5 Å². The van der Waals surface area contributed by atoms with E-state index in [1.54, 1.807) is 22.7 Å². The summed E-state index contributed by atoms with van der Waals surface area (Å²) < 4.78 is 0. The summed E-state index contributed by atoms with van der Waals surface area (Å²) in [5.74, 6) is 2.22. The van der Waals surface area contributed by atoms with Gasteiger partial charge in [0.2, 0.25) is 0 Å². The van der Waals surface area contributed by atoms with Crippen molar-refractivity contribution in [3.8, 4) is 9.75 Å². The third kappa shape index (κ3) is 22.0. The highest BCUT2D eigenvalue weighted by molar-refractivity contribution is 8.09. The van der Waals surface area contributed by atoms with Crippen LogP contribution in [0.25, 0.3) is 15.5 Å². The highest BCUT2D eigenvalue weighted by Crippen LogP contribution is 2.53. The number of carbonyl (C=O) groups is 2. The van der Waals surface area contributed by atoms with Crippen LogP contribution in [0.3, 0.4) is 0 Å². The van der Waals surface area contributed by atoms with Gasteiger partial charge in [-0.05, 0) is 73.9 Å². The maximum Gasteiger partial charge on any atom is 0.261 e. The van der Waals surface area contributed by atoms with Gasteiger partial charge in [0.1, 0.15) is 0 Å². The number of thioether (sulfide) groups is 2. The number of allylic oxidation sites excluding steroid dienone is 2. The molecule has 2 aromatic heterocycles. The molecule has 4 aliphatic heterocycles. The SMILES string of the molecule is CCCCCCCCCCCCC(CCCCCCCCCC)CN1C(=O)C2=C(C3CC=C(C4=CCCS4)S3)N(CC(CCCCCCCCCC)CCCCCCCCCCCC)C(=O)C2=C1c1ccc(-c2cccs2)s1. The monoisotopic (exact) mass is 1140 g/mol. The number of amides is 2. The first-order valence-electron chi connectivity index (χ1n) is 33.5. The summed E-state index contributed by atoms with van der Waals surface area (Å²) in [7, 11) is 0. The molecule has 3 unspecified atom stereocenters. The highest BCUT2D eigenvalue weighted by Gasteiger charge is 2.51. The predicted octanol–water partition coefficient (Wildman–Crippen LogP) is 23.5. The van der Waals surface area contributed by atoms with Crippen LogP contribution in [0, 0.1) is 11.8 Å². The van der Waals surface area contributed by atoms with E-state index in [2.05, 4.69) is 79.3 Å². The predicted molar refractivity (Wildman–Crippen MR) is 349 cm³/mol. The van der Waals surface area contributed by atoms with Crippen molar-refractivity contribution in [2.45, 2.75) is 303 Å². The summed E-state index contributed by atoms with van der Waals surface area (Å²) in [5, 5.41) is 2.23. The maximum absolute atomic E-state index is 16.0. The molecule has 78 heavy (non-hydrogen) atoms. The average Bonchev–Trinajstić information content (AvgIpc) is 4.42. The van der Waals surface area contributed by atoms with Crippen molar-refractivity contribution >= 4 is 63.7 Å². The second kappa shape index (κ2) is 39.5. The molecule has 0 bridgehead atoms. The Bertz CT molecular complexity index is 2090. The average molecular weight is 1140 g/mol. The quantitative estimate of drug-likeness (QED) is 0.0619. The third-order valence-electron chi connectivity index (χ3n) is 17.6.